The van der Waals surface area contributed by atoms with E-state index in [2.05, 4.69) is 15.5 Å². The van der Waals surface area contributed by atoms with E-state index < -0.39 is 0 Å². The van der Waals surface area contributed by atoms with E-state index in [1.807, 2.05) is 18.7 Å². The molecule has 5 nitrogen and oxygen atoms in total. The molecule has 2 aromatic rings. The monoisotopic (exact) mass is 316 g/mol. The highest BCUT2D eigenvalue weighted by atomic mass is 19.1. The number of aryl methyl sites for hydroxylation is 1. The number of H-pyrrole nitrogens is 1. The van der Waals surface area contributed by atoms with E-state index in [1.165, 1.54) is 12.1 Å². The highest BCUT2D eigenvalue weighted by molar-refractivity contribution is 5.94. The van der Waals surface area contributed by atoms with Crippen LogP contribution in [0.1, 0.15) is 34.6 Å². The van der Waals surface area contributed by atoms with Gasteiger partial charge in [0.1, 0.15) is 5.82 Å². The third kappa shape index (κ3) is 3.36. The fraction of sp³-hybridized carbons (Fsp3) is 0.412. The topological polar surface area (TPSA) is 61.0 Å². The molecule has 0 aliphatic carbocycles. The summed E-state index contributed by atoms with van der Waals surface area (Å²) in [5.74, 6) is -0.243. The Morgan fingerprint density at radius 1 is 1.26 bits per heavy atom. The Bertz CT molecular complexity index is 687. The molecular formula is C17H21FN4O. The van der Waals surface area contributed by atoms with E-state index in [1.54, 1.807) is 12.1 Å². The molecule has 0 bridgehead atoms. The van der Waals surface area contributed by atoms with E-state index in [9.17, 15) is 9.18 Å². The van der Waals surface area contributed by atoms with Crippen LogP contribution in [-0.2, 0) is 0 Å². The molecule has 0 saturated carbocycles. The van der Waals surface area contributed by atoms with E-state index in [0.717, 1.165) is 29.8 Å². The highest BCUT2D eigenvalue weighted by Gasteiger charge is 2.26. The number of aromatic nitrogens is 2. The molecule has 1 aliphatic heterocycles. The van der Waals surface area contributed by atoms with Crippen molar-refractivity contribution in [2.24, 2.45) is 0 Å². The van der Waals surface area contributed by atoms with Crippen molar-refractivity contribution in [2.75, 3.05) is 18.4 Å². The number of rotatable bonds is 3. The van der Waals surface area contributed by atoms with Crippen molar-refractivity contribution in [1.29, 1.82) is 0 Å². The second-order valence-corrected chi connectivity index (χ2v) is 6.04. The highest BCUT2D eigenvalue weighted by Crippen LogP contribution is 2.19. The van der Waals surface area contributed by atoms with Gasteiger partial charge in [-0.15, -0.1) is 0 Å². The zero-order valence-corrected chi connectivity index (χ0v) is 13.4. The number of likely N-dealkylation sites (tertiary alicyclic amines) is 1. The average molecular weight is 316 g/mol. The largest absolute Gasteiger partial charge is 0.382 e. The van der Waals surface area contributed by atoms with Gasteiger partial charge in [-0.05, 0) is 51.0 Å². The van der Waals surface area contributed by atoms with Gasteiger partial charge in [-0.25, -0.2) is 4.39 Å². The Hall–Kier alpha value is -2.37. The van der Waals surface area contributed by atoms with Crippen LogP contribution < -0.4 is 5.32 Å². The lowest BCUT2D eigenvalue weighted by atomic mass is 10.0. The van der Waals surface area contributed by atoms with Gasteiger partial charge < -0.3 is 10.2 Å². The van der Waals surface area contributed by atoms with Gasteiger partial charge in [-0.1, -0.05) is 0 Å². The van der Waals surface area contributed by atoms with Gasteiger partial charge in [0.2, 0.25) is 0 Å². The summed E-state index contributed by atoms with van der Waals surface area (Å²) in [6, 6.07) is 6.67. The van der Waals surface area contributed by atoms with Crippen molar-refractivity contribution in [1.82, 2.24) is 15.1 Å². The summed E-state index contributed by atoms with van der Waals surface area (Å²) in [6.45, 7) is 5.22. The molecule has 1 fully saturated rings. The maximum absolute atomic E-state index is 12.9. The minimum absolute atomic E-state index is 0.00733. The number of nitrogens with zero attached hydrogens (tertiary/aromatic N) is 2. The number of hydrogen-bond donors (Lipinski definition) is 2. The van der Waals surface area contributed by atoms with Gasteiger partial charge in [-0.2, -0.15) is 5.10 Å². The molecule has 2 heterocycles. The molecule has 1 saturated heterocycles. The van der Waals surface area contributed by atoms with Crippen LogP contribution in [0, 0.1) is 19.7 Å². The number of halogens is 1. The first-order valence-corrected chi connectivity index (χ1v) is 7.87. The molecule has 6 heteroatoms. The summed E-state index contributed by atoms with van der Waals surface area (Å²) in [7, 11) is 0. The Balaban J connectivity index is 1.57. The standard InChI is InChI=1S/C17H21FN4O/c1-11-12(2)20-21-16(11)17(23)22-9-7-15(8-10-22)19-14-5-3-13(18)4-6-14/h3-6,15,19H,7-10H2,1-2H3,(H,20,21). The molecule has 1 aromatic heterocycles. The Morgan fingerprint density at radius 3 is 2.48 bits per heavy atom. The fourth-order valence-corrected chi connectivity index (χ4v) is 2.85. The summed E-state index contributed by atoms with van der Waals surface area (Å²) >= 11 is 0. The maximum Gasteiger partial charge on any atom is 0.274 e. The number of piperidine rings is 1. The lowest BCUT2D eigenvalue weighted by Crippen LogP contribution is -2.42. The number of nitrogens with one attached hydrogen (secondary N) is 2. The van der Waals surface area contributed by atoms with E-state index >= 15 is 0 Å². The van der Waals surface area contributed by atoms with Gasteiger partial charge in [0.05, 0.1) is 0 Å². The van der Waals surface area contributed by atoms with E-state index in [0.29, 0.717) is 24.8 Å². The Morgan fingerprint density at radius 2 is 1.91 bits per heavy atom. The van der Waals surface area contributed by atoms with Crippen LogP contribution in [0.5, 0.6) is 0 Å². The Labute approximate surface area is 134 Å². The molecule has 23 heavy (non-hydrogen) atoms. The number of amides is 1. The number of anilines is 1. The molecule has 122 valence electrons. The number of carbonyl (C=O) groups is 1. The summed E-state index contributed by atoms with van der Waals surface area (Å²) in [4.78, 5) is 14.4. The molecule has 0 atom stereocenters. The molecule has 1 aliphatic rings. The van der Waals surface area contributed by atoms with Crippen LogP contribution >= 0.6 is 0 Å². The summed E-state index contributed by atoms with van der Waals surface area (Å²) in [5.41, 5.74) is 3.28. The van der Waals surface area contributed by atoms with Crippen molar-refractivity contribution >= 4 is 11.6 Å². The smallest absolute Gasteiger partial charge is 0.274 e. The van der Waals surface area contributed by atoms with Gasteiger partial charge in [0.25, 0.3) is 5.91 Å². The van der Waals surface area contributed by atoms with Crippen molar-refractivity contribution in [3.63, 3.8) is 0 Å². The number of hydrogen-bond acceptors (Lipinski definition) is 3. The van der Waals surface area contributed by atoms with Gasteiger partial charge >= 0.3 is 0 Å². The summed E-state index contributed by atoms with van der Waals surface area (Å²) in [6.07, 6.45) is 1.73. The minimum Gasteiger partial charge on any atom is -0.382 e. The van der Waals surface area contributed by atoms with Gasteiger partial charge in [0, 0.05) is 36.1 Å². The van der Waals surface area contributed by atoms with E-state index in [-0.39, 0.29) is 11.7 Å². The van der Waals surface area contributed by atoms with Crippen molar-refractivity contribution < 1.29 is 9.18 Å². The molecule has 0 unspecified atom stereocenters. The predicted octanol–water partition coefficient (Wildman–Crippen LogP) is 2.88. The zero-order valence-electron chi connectivity index (χ0n) is 13.4. The molecule has 3 rings (SSSR count). The van der Waals surface area contributed by atoms with Crippen LogP contribution in [0.2, 0.25) is 0 Å². The normalized spacial score (nSPS) is 15.7. The first-order chi connectivity index (χ1) is 11.0. The lowest BCUT2D eigenvalue weighted by molar-refractivity contribution is 0.0711. The maximum atomic E-state index is 12.9. The first kappa shape index (κ1) is 15.5. The first-order valence-electron chi connectivity index (χ1n) is 7.87. The molecule has 0 spiro atoms. The van der Waals surface area contributed by atoms with Crippen LogP contribution in [-0.4, -0.2) is 40.1 Å². The average Bonchev–Trinajstić information content (AvgIpc) is 2.89. The van der Waals surface area contributed by atoms with E-state index in [4.69, 9.17) is 0 Å². The Kier molecular flexibility index (Phi) is 4.32. The summed E-state index contributed by atoms with van der Waals surface area (Å²) in [5, 5.41) is 10.4. The number of benzene rings is 1. The molecule has 1 aromatic carbocycles. The van der Waals surface area contributed by atoms with Crippen molar-refractivity contribution in [2.45, 2.75) is 32.7 Å². The second-order valence-electron chi connectivity index (χ2n) is 6.04. The van der Waals surface area contributed by atoms with Crippen LogP contribution in [0.3, 0.4) is 0 Å². The third-order valence-corrected chi connectivity index (χ3v) is 4.45. The minimum atomic E-state index is -0.236. The van der Waals surface area contributed by atoms with Crippen molar-refractivity contribution in [3.05, 3.63) is 47.0 Å². The molecule has 1 amide bonds. The lowest BCUT2D eigenvalue weighted by Gasteiger charge is -2.32. The number of carbonyl (C=O) groups excluding carboxylic acids is 1. The van der Waals surface area contributed by atoms with Gasteiger partial charge in [-0.3, -0.25) is 9.89 Å². The van der Waals surface area contributed by atoms with Crippen LogP contribution in [0.15, 0.2) is 24.3 Å². The zero-order chi connectivity index (χ0) is 16.4. The molecule has 2 N–H and O–H groups in total. The number of aromatic amines is 1. The fourth-order valence-electron chi connectivity index (χ4n) is 2.85. The second kappa shape index (κ2) is 6.40. The predicted molar refractivity (Wildman–Crippen MR) is 87.0 cm³/mol. The SMILES string of the molecule is Cc1[nH]nc(C(=O)N2CCC(Nc3ccc(F)cc3)CC2)c1C. The van der Waals surface area contributed by atoms with Crippen LogP contribution in [0.25, 0.3) is 0 Å². The van der Waals surface area contributed by atoms with Crippen LogP contribution in [0.4, 0.5) is 10.1 Å². The molecular weight excluding hydrogens is 295 g/mol. The summed E-state index contributed by atoms with van der Waals surface area (Å²) < 4.78 is 12.9. The van der Waals surface area contributed by atoms with Crippen molar-refractivity contribution in [3.8, 4) is 0 Å². The van der Waals surface area contributed by atoms with Gasteiger partial charge in [0.15, 0.2) is 5.69 Å². The molecule has 0 radical (unpaired) electrons. The third-order valence-electron chi connectivity index (χ3n) is 4.45. The quantitative estimate of drug-likeness (QED) is 0.915.